The summed E-state index contributed by atoms with van der Waals surface area (Å²) in [5.41, 5.74) is 0.942. The van der Waals surface area contributed by atoms with Gasteiger partial charge in [-0.25, -0.2) is 8.42 Å². The zero-order chi connectivity index (χ0) is 10.6. The third-order valence-corrected chi connectivity index (χ3v) is 3.01. The van der Waals surface area contributed by atoms with E-state index in [1.807, 2.05) is 12.1 Å². The minimum Gasteiger partial charge on any atom is -0.227 e. The van der Waals surface area contributed by atoms with Gasteiger partial charge in [-0.1, -0.05) is 32.0 Å². The van der Waals surface area contributed by atoms with Gasteiger partial charge < -0.3 is 0 Å². The fraction of sp³-hybridized carbons (Fsp3) is 0.455. The zero-order valence-electron chi connectivity index (χ0n) is 8.56. The Kier molecular flexibility index (Phi) is 4.14. The standard InChI is InChI=1S/C11H16O2S/c1-9(2)7-8-10-5-3-4-6-11(10)14(12)13/h3-6,9,14H,7-8H2,1-2H3. The average molecular weight is 212 g/mol. The van der Waals surface area contributed by atoms with Gasteiger partial charge in [0.05, 0.1) is 4.90 Å². The number of aryl methyl sites for hydroxylation is 1. The average Bonchev–Trinajstić information content (AvgIpc) is 2.15. The molecule has 0 unspecified atom stereocenters. The van der Waals surface area contributed by atoms with Crippen LogP contribution >= 0.6 is 0 Å². The van der Waals surface area contributed by atoms with E-state index < -0.39 is 10.7 Å². The van der Waals surface area contributed by atoms with E-state index in [1.54, 1.807) is 12.1 Å². The van der Waals surface area contributed by atoms with E-state index in [-0.39, 0.29) is 0 Å². The van der Waals surface area contributed by atoms with Crippen LogP contribution in [0.3, 0.4) is 0 Å². The number of hydrogen-bond donors (Lipinski definition) is 1. The highest BCUT2D eigenvalue weighted by molar-refractivity contribution is 7.72. The van der Waals surface area contributed by atoms with Crippen molar-refractivity contribution in [3.63, 3.8) is 0 Å². The van der Waals surface area contributed by atoms with Gasteiger partial charge in [-0.05, 0) is 30.4 Å². The maximum atomic E-state index is 10.9. The number of benzene rings is 1. The molecule has 2 nitrogen and oxygen atoms in total. The normalized spacial score (nSPS) is 11.1. The maximum absolute atomic E-state index is 10.9. The lowest BCUT2D eigenvalue weighted by atomic mass is 10.0. The molecule has 0 aliphatic rings. The molecule has 0 aliphatic heterocycles. The van der Waals surface area contributed by atoms with Crippen molar-refractivity contribution in [3.05, 3.63) is 29.8 Å². The predicted octanol–water partition coefficient (Wildman–Crippen LogP) is 2.25. The Morgan fingerprint density at radius 3 is 2.43 bits per heavy atom. The van der Waals surface area contributed by atoms with Gasteiger partial charge in [-0.3, -0.25) is 0 Å². The van der Waals surface area contributed by atoms with Crippen LogP contribution in [0.4, 0.5) is 0 Å². The van der Waals surface area contributed by atoms with E-state index in [2.05, 4.69) is 13.8 Å². The van der Waals surface area contributed by atoms with Gasteiger partial charge in [0.2, 0.25) is 0 Å². The maximum Gasteiger partial charge on any atom is 0.168 e. The van der Waals surface area contributed by atoms with E-state index in [1.165, 1.54) is 0 Å². The predicted molar refractivity (Wildman–Crippen MR) is 58.2 cm³/mol. The Balaban J connectivity index is 2.85. The molecular weight excluding hydrogens is 196 g/mol. The van der Waals surface area contributed by atoms with E-state index in [0.29, 0.717) is 10.8 Å². The van der Waals surface area contributed by atoms with Crippen LogP contribution in [0.15, 0.2) is 29.2 Å². The summed E-state index contributed by atoms with van der Waals surface area (Å²) in [7, 11) is -2.45. The highest BCUT2D eigenvalue weighted by atomic mass is 32.2. The summed E-state index contributed by atoms with van der Waals surface area (Å²) < 4.78 is 21.8. The zero-order valence-corrected chi connectivity index (χ0v) is 9.46. The van der Waals surface area contributed by atoms with Gasteiger partial charge >= 0.3 is 0 Å². The Labute approximate surface area is 86.9 Å². The first-order chi connectivity index (χ1) is 6.61. The van der Waals surface area contributed by atoms with Crippen molar-refractivity contribution < 1.29 is 8.42 Å². The first kappa shape index (κ1) is 11.2. The lowest BCUT2D eigenvalue weighted by molar-refractivity contribution is 0.580. The van der Waals surface area contributed by atoms with E-state index in [4.69, 9.17) is 0 Å². The summed E-state index contributed by atoms with van der Waals surface area (Å²) >= 11 is 0. The van der Waals surface area contributed by atoms with Gasteiger partial charge in [0.25, 0.3) is 0 Å². The number of hydrogen-bond acceptors (Lipinski definition) is 2. The molecule has 14 heavy (non-hydrogen) atoms. The summed E-state index contributed by atoms with van der Waals surface area (Å²) in [4.78, 5) is 0.475. The van der Waals surface area contributed by atoms with Gasteiger partial charge in [-0.2, -0.15) is 0 Å². The Hall–Kier alpha value is -0.830. The fourth-order valence-corrected chi connectivity index (χ4v) is 1.97. The smallest absolute Gasteiger partial charge is 0.168 e. The molecule has 0 fully saturated rings. The van der Waals surface area contributed by atoms with Gasteiger partial charge in [-0.15, -0.1) is 0 Å². The minimum absolute atomic E-state index is 0.475. The second-order valence-corrected chi connectivity index (χ2v) is 4.81. The highest BCUT2D eigenvalue weighted by Gasteiger charge is 2.04. The minimum atomic E-state index is -2.45. The highest BCUT2D eigenvalue weighted by Crippen LogP contribution is 2.14. The molecule has 0 radical (unpaired) electrons. The molecule has 0 saturated heterocycles. The Bertz CT molecular complexity index is 359. The fourth-order valence-electron chi connectivity index (χ4n) is 1.34. The first-order valence-corrected chi connectivity index (χ1v) is 6.01. The lowest BCUT2D eigenvalue weighted by Crippen LogP contribution is -1.96. The molecule has 1 rings (SSSR count). The monoisotopic (exact) mass is 212 g/mol. The summed E-state index contributed by atoms with van der Waals surface area (Å²) in [5, 5.41) is 0. The van der Waals surface area contributed by atoms with Gasteiger partial charge in [0, 0.05) is 0 Å². The Morgan fingerprint density at radius 2 is 1.86 bits per heavy atom. The SMILES string of the molecule is CC(C)CCc1ccccc1[SH](=O)=O. The van der Waals surface area contributed by atoms with Crippen molar-refractivity contribution in [1.82, 2.24) is 0 Å². The van der Waals surface area contributed by atoms with Crippen LogP contribution in [0.2, 0.25) is 0 Å². The topological polar surface area (TPSA) is 34.1 Å². The van der Waals surface area contributed by atoms with Gasteiger partial charge in [0.1, 0.15) is 0 Å². The first-order valence-electron chi connectivity index (χ1n) is 4.83. The number of thiol groups is 1. The van der Waals surface area contributed by atoms with Crippen LogP contribution in [0.25, 0.3) is 0 Å². The van der Waals surface area contributed by atoms with E-state index >= 15 is 0 Å². The third-order valence-electron chi connectivity index (χ3n) is 2.18. The summed E-state index contributed by atoms with van der Waals surface area (Å²) in [6.07, 6.45) is 1.87. The molecule has 0 aliphatic carbocycles. The van der Waals surface area contributed by atoms with Crippen LogP contribution in [-0.2, 0) is 17.1 Å². The summed E-state index contributed by atoms with van der Waals surface area (Å²) in [6, 6.07) is 7.21. The lowest BCUT2D eigenvalue weighted by Gasteiger charge is -2.06. The Morgan fingerprint density at radius 1 is 1.21 bits per heavy atom. The molecule has 0 amide bonds. The molecule has 0 atom stereocenters. The molecular formula is C11H16O2S. The van der Waals surface area contributed by atoms with Crippen molar-refractivity contribution in [2.24, 2.45) is 5.92 Å². The van der Waals surface area contributed by atoms with Crippen LogP contribution < -0.4 is 0 Å². The molecule has 0 spiro atoms. The van der Waals surface area contributed by atoms with Gasteiger partial charge in [0.15, 0.2) is 10.7 Å². The number of rotatable bonds is 4. The van der Waals surface area contributed by atoms with Crippen LogP contribution in [0.1, 0.15) is 25.8 Å². The molecule has 0 bridgehead atoms. The third kappa shape index (κ3) is 3.14. The van der Waals surface area contributed by atoms with Crippen molar-refractivity contribution >= 4 is 10.7 Å². The second-order valence-electron chi connectivity index (χ2n) is 3.82. The summed E-state index contributed by atoms with van der Waals surface area (Å²) in [6.45, 7) is 4.28. The second kappa shape index (κ2) is 5.15. The summed E-state index contributed by atoms with van der Waals surface area (Å²) in [5.74, 6) is 0.604. The molecule has 1 aromatic carbocycles. The molecule has 0 aromatic heterocycles. The van der Waals surface area contributed by atoms with E-state index in [9.17, 15) is 8.42 Å². The molecule has 1 aromatic rings. The molecule has 0 saturated carbocycles. The molecule has 0 heterocycles. The van der Waals surface area contributed by atoms with Crippen LogP contribution in [0, 0.1) is 5.92 Å². The largest absolute Gasteiger partial charge is 0.227 e. The molecule has 78 valence electrons. The van der Waals surface area contributed by atoms with Crippen molar-refractivity contribution in [3.8, 4) is 0 Å². The van der Waals surface area contributed by atoms with Crippen LogP contribution in [0.5, 0.6) is 0 Å². The van der Waals surface area contributed by atoms with Crippen molar-refractivity contribution in [1.29, 1.82) is 0 Å². The molecule has 0 N–H and O–H groups in total. The van der Waals surface area contributed by atoms with Crippen molar-refractivity contribution in [2.45, 2.75) is 31.6 Å². The quantitative estimate of drug-likeness (QED) is 0.777. The molecule has 3 heteroatoms. The van der Waals surface area contributed by atoms with Crippen molar-refractivity contribution in [2.75, 3.05) is 0 Å². The van der Waals surface area contributed by atoms with E-state index in [0.717, 1.165) is 18.4 Å². The van der Waals surface area contributed by atoms with Crippen LogP contribution in [-0.4, -0.2) is 8.42 Å².